The molecule has 1 aromatic rings. The number of ether oxygens (including phenoxy) is 1. The SMILES string of the molecule is CCOC(=O)C(O)C(O)c1cc(F)cc(F)c1. The fourth-order valence-electron chi connectivity index (χ4n) is 1.28. The van der Waals surface area contributed by atoms with E-state index in [2.05, 4.69) is 4.74 Å². The molecule has 0 aliphatic carbocycles. The van der Waals surface area contributed by atoms with Crippen LogP contribution in [-0.2, 0) is 9.53 Å². The molecule has 94 valence electrons. The maximum absolute atomic E-state index is 12.9. The fraction of sp³-hybridized carbons (Fsp3) is 0.364. The molecule has 0 spiro atoms. The summed E-state index contributed by atoms with van der Waals surface area (Å²) in [6, 6.07) is 2.28. The smallest absolute Gasteiger partial charge is 0.338 e. The van der Waals surface area contributed by atoms with Crippen molar-refractivity contribution in [3.63, 3.8) is 0 Å². The number of aliphatic hydroxyl groups is 2. The lowest BCUT2D eigenvalue weighted by molar-refractivity contribution is -0.159. The Bertz CT molecular complexity index is 388. The van der Waals surface area contributed by atoms with E-state index < -0.39 is 29.8 Å². The van der Waals surface area contributed by atoms with Crippen molar-refractivity contribution in [2.75, 3.05) is 6.61 Å². The van der Waals surface area contributed by atoms with Crippen molar-refractivity contribution < 1.29 is 28.5 Å². The van der Waals surface area contributed by atoms with Crippen molar-refractivity contribution in [3.05, 3.63) is 35.4 Å². The van der Waals surface area contributed by atoms with E-state index in [0.29, 0.717) is 6.07 Å². The third-order valence-corrected chi connectivity index (χ3v) is 2.05. The van der Waals surface area contributed by atoms with E-state index >= 15 is 0 Å². The molecule has 6 heteroatoms. The molecule has 4 nitrogen and oxygen atoms in total. The minimum Gasteiger partial charge on any atom is -0.464 e. The van der Waals surface area contributed by atoms with Crippen LogP contribution >= 0.6 is 0 Å². The maximum atomic E-state index is 12.9. The Kier molecular flexibility index (Phi) is 4.53. The topological polar surface area (TPSA) is 66.8 Å². The molecule has 1 rings (SSSR count). The van der Waals surface area contributed by atoms with Crippen molar-refractivity contribution in [2.24, 2.45) is 0 Å². The summed E-state index contributed by atoms with van der Waals surface area (Å²) < 4.78 is 30.2. The summed E-state index contributed by atoms with van der Waals surface area (Å²) in [4.78, 5) is 11.1. The average molecular weight is 246 g/mol. The number of halogens is 2. The normalized spacial score (nSPS) is 14.2. The van der Waals surface area contributed by atoms with Crippen LogP contribution in [0, 0.1) is 11.6 Å². The lowest BCUT2D eigenvalue weighted by Crippen LogP contribution is -2.30. The molecule has 2 unspecified atom stereocenters. The monoisotopic (exact) mass is 246 g/mol. The molecule has 0 amide bonds. The molecule has 0 aliphatic heterocycles. The number of aliphatic hydroxyl groups excluding tert-OH is 2. The molecule has 0 radical (unpaired) electrons. The van der Waals surface area contributed by atoms with Crippen LogP contribution in [0.3, 0.4) is 0 Å². The van der Waals surface area contributed by atoms with Gasteiger partial charge < -0.3 is 14.9 Å². The molecule has 0 aliphatic rings. The van der Waals surface area contributed by atoms with Crippen molar-refractivity contribution in [2.45, 2.75) is 19.1 Å². The highest BCUT2D eigenvalue weighted by molar-refractivity contribution is 5.75. The van der Waals surface area contributed by atoms with Gasteiger partial charge in [0.2, 0.25) is 0 Å². The van der Waals surface area contributed by atoms with Crippen molar-refractivity contribution >= 4 is 5.97 Å². The first-order chi connectivity index (χ1) is 7.95. The molecule has 2 N–H and O–H groups in total. The quantitative estimate of drug-likeness (QED) is 0.775. The summed E-state index contributed by atoms with van der Waals surface area (Å²) in [6.45, 7) is 1.55. The summed E-state index contributed by atoms with van der Waals surface area (Å²) in [6.07, 6.45) is -3.62. The van der Waals surface area contributed by atoms with E-state index in [1.807, 2.05) is 0 Å². The van der Waals surface area contributed by atoms with Gasteiger partial charge in [0.25, 0.3) is 0 Å². The average Bonchev–Trinajstić information content (AvgIpc) is 2.26. The Hall–Kier alpha value is -1.53. The third-order valence-electron chi connectivity index (χ3n) is 2.05. The molecule has 0 heterocycles. The number of hydrogen-bond acceptors (Lipinski definition) is 4. The Balaban J connectivity index is 2.87. The molecule has 1 aromatic carbocycles. The van der Waals surface area contributed by atoms with Gasteiger partial charge in [0.05, 0.1) is 6.61 Å². The van der Waals surface area contributed by atoms with E-state index in [1.165, 1.54) is 6.92 Å². The zero-order chi connectivity index (χ0) is 13.0. The first kappa shape index (κ1) is 13.5. The van der Waals surface area contributed by atoms with E-state index in [9.17, 15) is 23.8 Å². The molecule has 0 bridgehead atoms. The second-order valence-electron chi connectivity index (χ2n) is 3.34. The number of carbonyl (C=O) groups excluding carboxylic acids is 1. The highest BCUT2D eigenvalue weighted by Crippen LogP contribution is 2.20. The van der Waals surface area contributed by atoms with Crippen LogP contribution in [0.1, 0.15) is 18.6 Å². The number of esters is 1. The summed E-state index contributed by atoms with van der Waals surface area (Å²) in [5.41, 5.74) is -0.233. The van der Waals surface area contributed by atoms with Crippen LogP contribution in [0.2, 0.25) is 0 Å². The van der Waals surface area contributed by atoms with Crippen LogP contribution in [0.5, 0.6) is 0 Å². The molecule has 17 heavy (non-hydrogen) atoms. The fourth-order valence-corrected chi connectivity index (χ4v) is 1.28. The lowest BCUT2D eigenvalue weighted by atomic mass is 10.0. The predicted octanol–water partition coefficient (Wildman–Crippen LogP) is 0.922. The second-order valence-corrected chi connectivity index (χ2v) is 3.34. The Labute approximate surface area is 96.5 Å². The third kappa shape index (κ3) is 3.47. The van der Waals surface area contributed by atoms with Crippen LogP contribution in [0.4, 0.5) is 8.78 Å². The summed E-state index contributed by atoms with van der Waals surface area (Å²) in [5.74, 6) is -2.87. The predicted molar refractivity (Wildman–Crippen MR) is 54.0 cm³/mol. The molecular formula is C11H12F2O4. The zero-order valence-electron chi connectivity index (χ0n) is 9.06. The van der Waals surface area contributed by atoms with Gasteiger partial charge in [0.1, 0.15) is 17.7 Å². The van der Waals surface area contributed by atoms with E-state index in [-0.39, 0.29) is 12.2 Å². The number of rotatable bonds is 4. The van der Waals surface area contributed by atoms with E-state index in [0.717, 1.165) is 12.1 Å². The highest BCUT2D eigenvalue weighted by Gasteiger charge is 2.27. The van der Waals surface area contributed by atoms with Gasteiger partial charge in [-0.25, -0.2) is 13.6 Å². The first-order valence-corrected chi connectivity index (χ1v) is 4.94. The van der Waals surface area contributed by atoms with E-state index in [4.69, 9.17) is 0 Å². The van der Waals surface area contributed by atoms with Gasteiger partial charge in [-0.3, -0.25) is 0 Å². The summed E-state index contributed by atoms with van der Waals surface area (Å²) in [7, 11) is 0. The summed E-state index contributed by atoms with van der Waals surface area (Å²) in [5, 5.41) is 18.9. The van der Waals surface area contributed by atoms with Crippen LogP contribution in [0.25, 0.3) is 0 Å². The molecule has 0 saturated heterocycles. The number of hydrogen-bond donors (Lipinski definition) is 2. The van der Waals surface area contributed by atoms with Gasteiger partial charge in [-0.15, -0.1) is 0 Å². The van der Waals surface area contributed by atoms with Gasteiger partial charge in [-0.05, 0) is 24.6 Å². The Morgan fingerprint density at radius 1 is 1.29 bits per heavy atom. The molecule has 0 aromatic heterocycles. The van der Waals surface area contributed by atoms with Crippen LogP contribution in [-0.4, -0.2) is 28.9 Å². The number of carbonyl (C=O) groups is 1. The minimum absolute atomic E-state index is 0.0279. The van der Waals surface area contributed by atoms with Crippen molar-refractivity contribution in [1.29, 1.82) is 0 Å². The van der Waals surface area contributed by atoms with Gasteiger partial charge >= 0.3 is 5.97 Å². The van der Waals surface area contributed by atoms with Crippen molar-refractivity contribution in [3.8, 4) is 0 Å². The lowest BCUT2D eigenvalue weighted by Gasteiger charge is -2.16. The minimum atomic E-state index is -1.88. The second kappa shape index (κ2) is 5.70. The van der Waals surface area contributed by atoms with Gasteiger partial charge in [-0.2, -0.15) is 0 Å². The van der Waals surface area contributed by atoms with Gasteiger partial charge in [-0.1, -0.05) is 0 Å². The molecule has 0 fully saturated rings. The maximum Gasteiger partial charge on any atom is 0.338 e. The Morgan fingerprint density at radius 3 is 2.29 bits per heavy atom. The van der Waals surface area contributed by atoms with Gasteiger partial charge in [0, 0.05) is 6.07 Å². The summed E-state index contributed by atoms with van der Waals surface area (Å²) >= 11 is 0. The largest absolute Gasteiger partial charge is 0.464 e. The molecule has 0 saturated carbocycles. The number of benzene rings is 1. The first-order valence-electron chi connectivity index (χ1n) is 4.94. The van der Waals surface area contributed by atoms with Crippen molar-refractivity contribution in [1.82, 2.24) is 0 Å². The molecule has 2 atom stereocenters. The highest BCUT2D eigenvalue weighted by atomic mass is 19.1. The van der Waals surface area contributed by atoms with Crippen LogP contribution < -0.4 is 0 Å². The molecular weight excluding hydrogens is 234 g/mol. The standard InChI is InChI=1S/C11H12F2O4/c1-2-17-11(16)10(15)9(14)6-3-7(12)5-8(13)4-6/h3-5,9-10,14-15H,2H2,1H3. The van der Waals surface area contributed by atoms with E-state index in [1.54, 1.807) is 0 Å². The Morgan fingerprint density at radius 2 is 1.82 bits per heavy atom. The van der Waals surface area contributed by atoms with Crippen LogP contribution in [0.15, 0.2) is 18.2 Å². The zero-order valence-corrected chi connectivity index (χ0v) is 9.06. The van der Waals surface area contributed by atoms with Gasteiger partial charge in [0.15, 0.2) is 6.10 Å².